The Morgan fingerprint density at radius 2 is 2.22 bits per heavy atom. The summed E-state index contributed by atoms with van der Waals surface area (Å²) in [6.07, 6.45) is 2.60. The molecule has 0 saturated carbocycles. The van der Waals surface area contributed by atoms with E-state index in [-0.39, 0.29) is 17.6 Å². The summed E-state index contributed by atoms with van der Waals surface area (Å²) < 4.78 is 1.69. The number of hydrogen-bond donors (Lipinski definition) is 2. The SMILES string of the molecule is CC(C)CCn1cc(C(=O)N[C@@H]2c3ccccc3C[C@@H]2O)nn1. The van der Waals surface area contributed by atoms with Crippen LogP contribution in [-0.2, 0) is 13.0 Å². The first kappa shape index (κ1) is 15.7. The molecule has 1 aliphatic carbocycles. The normalized spacial score (nSPS) is 19.8. The van der Waals surface area contributed by atoms with Gasteiger partial charge in [-0.15, -0.1) is 5.10 Å². The Labute approximate surface area is 135 Å². The standard InChI is InChI=1S/C17H22N4O2/c1-11(2)7-8-21-10-14(19-20-21)17(23)18-16-13-6-4-3-5-12(13)9-15(16)22/h3-6,10-11,15-16,22H,7-9H2,1-2H3,(H,18,23)/t15-,16+/m0/s1. The second-order valence-electron chi connectivity index (χ2n) is 6.47. The van der Waals surface area contributed by atoms with Gasteiger partial charge in [-0.25, -0.2) is 0 Å². The van der Waals surface area contributed by atoms with Gasteiger partial charge in [0.05, 0.1) is 18.3 Å². The maximum Gasteiger partial charge on any atom is 0.274 e. The van der Waals surface area contributed by atoms with Gasteiger partial charge < -0.3 is 10.4 Å². The first-order valence-corrected chi connectivity index (χ1v) is 8.01. The van der Waals surface area contributed by atoms with Crippen LogP contribution in [0, 0.1) is 5.92 Å². The van der Waals surface area contributed by atoms with E-state index in [1.54, 1.807) is 10.9 Å². The Kier molecular flexibility index (Phi) is 4.43. The summed E-state index contributed by atoms with van der Waals surface area (Å²) in [4.78, 5) is 12.4. The number of aryl methyl sites for hydroxylation is 1. The van der Waals surface area contributed by atoms with Crippen molar-refractivity contribution in [1.29, 1.82) is 0 Å². The van der Waals surface area contributed by atoms with Crippen LogP contribution < -0.4 is 5.32 Å². The number of carbonyl (C=O) groups excluding carboxylic acids is 1. The Morgan fingerprint density at radius 1 is 1.43 bits per heavy atom. The van der Waals surface area contributed by atoms with Crippen molar-refractivity contribution in [3.05, 3.63) is 47.3 Å². The Bertz CT molecular complexity index is 695. The minimum Gasteiger partial charge on any atom is -0.390 e. The van der Waals surface area contributed by atoms with Crippen molar-refractivity contribution in [2.45, 2.75) is 45.4 Å². The van der Waals surface area contributed by atoms with E-state index in [9.17, 15) is 9.90 Å². The number of amides is 1. The molecule has 1 aromatic carbocycles. The third-order valence-corrected chi connectivity index (χ3v) is 4.20. The zero-order valence-corrected chi connectivity index (χ0v) is 13.4. The average molecular weight is 314 g/mol. The lowest BCUT2D eigenvalue weighted by molar-refractivity contribution is 0.0853. The van der Waals surface area contributed by atoms with Gasteiger partial charge >= 0.3 is 0 Å². The van der Waals surface area contributed by atoms with Gasteiger partial charge in [0.15, 0.2) is 5.69 Å². The van der Waals surface area contributed by atoms with Crippen LogP contribution in [0.1, 0.15) is 47.9 Å². The van der Waals surface area contributed by atoms with Crippen molar-refractivity contribution < 1.29 is 9.90 Å². The topological polar surface area (TPSA) is 80.0 Å². The van der Waals surface area contributed by atoms with Gasteiger partial charge in [-0.3, -0.25) is 9.48 Å². The second-order valence-corrected chi connectivity index (χ2v) is 6.47. The molecule has 122 valence electrons. The largest absolute Gasteiger partial charge is 0.390 e. The smallest absolute Gasteiger partial charge is 0.274 e. The second kappa shape index (κ2) is 6.50. The van der Waals surface area contributed by atoms with Crippen molar-refractivity contribution in [1.82, 2.24) is 20.3 Å². The van der Waals surface area contributed by atoms with Crippen LogP contribution in [0.5, 0.6) is 0 Å². The third-order valence-electron chi connectivity index (χ3n) is 4.20. The van der Waals surface area contributed by atoms with Gasteiger partial charge in [0.25, 0.3) is 5.91 Å². The lowest BCUT2D eigenvalue weighted by atomic mass is 10.1. The van der Waals surface area contributed by atoms with Crippen LogP contribution in [0.15, 0.2) is 30.5 Å². The Balaban J connectivity index is 1.68. The molecular formula is C17H22N4O2. The number of benzene rings is 1. The number of carbonyl (C=O) groups is 1. The minimum atomic E-state index is -0.604. The molecule has 0 fully saturated rings. The van der Waals surface area contributed by atoms with Crippen LogP contribution in [-0.4, -0.2) is 32.1 Å². The number of aliphatic hydroxyl groups is 1. The lowest BCUT2D eigenvalue weighted by Crippen LogP contribution is -2.34. The van der Waals surface area contributed by atoms with Gasteiger partial charge in [-0.2, -0.15) is 0 Å². The lowest BCUT2D eigenvalue weighted by Gasteiger charge is -2.17. The highest BCUT2D eigenvalue weighted by atomic mass is 16.3. The molecule has 6 nitrogen and oxygen atoms in total. The fourth-order valence-electron chi connectivity index (χ4n) is 2.87. The minimum absolute atomic E-state index is 0.283. The monoisotopic (exact) mass is 314 g/mol. The summed E-state index contributed by atoms with van der Waals surface area (Å²) in [5.74, 6) is 0.267. The molecule has 0 aliphatic heterocycles. The van der Waals surface area contributed by atoms with Crippen molar-refractivity contribution in [3.8, 4) is 0 Å². The molecule has 3 rings (SSSR count). The summed E-state index contributed by atoms with van der Waals surface area (Å²) >= 11 is 0. The van der Waals surface area contributed by atoms with Gasteiger partial charge in [0.1, 0.15) is 0 Å². The Morgan fingerprint density at radius 3 is 3.00 bits per heavy atom. The molecule has 0 bridgehead atoms. The van der Waals surface area contributed by atoms with Crippen molar-refractivity contribution in [2.24, 2.45) is 5.92 Å². The molecule has 23 heavy (non-hydrogen) atoms. The highest BCUT2D eigenvalue weighted by Gasteiger charge is 2.32. The summed E-state index contributed by atoms with van der Waals surface area (Å²) in [6, 6.07) is 7.39. The first-order valence-electron chi connectivity index (χ1n) is 8.01. The van der Waals surface area contributed by atoms with E-state index < -0.39 is 6.10 Å². The van der Waals surface area contributed by atoms with Crippen LogP contribution in [0.4, 0.5) is 0 Å². The van der Waals surface area contributed by atoms with E-state index in [2.05, 4.69) is 29.5 Å². The van der Waals surface area contributed by atoms with Crippen LogP contribution in [0.25, 0.3) is 0 Å². The van der Waals surface area contributed by atoms with E-state index in [0.29, 0.717) is 12.3 Å². The van der Waals surface area contributed by atoms with Crippen LogP contribution in [0.3, 0.4) is 0 Å². The van der Waals surface area contributed by atoms with Crippen molar-refractivity contribution in [2.75, 3.05) is 0 Å². The zero-order chi connectivity index (χ0) is 16.4. The van der Waals surface area contributed by atoms with E-state index >= 15 is 0 Å². The molecule has 6 heteroatoms. The van der Waals surface area contributed by atoms with Crippen LogP contribution in [0.2, 0.25) is 0 Å². The number of nitrogens with zero attached hydrogens (tertiary/aromatic N) is 3. The molecule has 1 aliphatic rings. The predicted molar refractivity (Wildman–Crippen MR) is 85.8 cm³/mol. The fourth-order valence-corrected chi connectivity index (χ4v) is 2.87. The van der Waals surface area contributed by atoms with Gasteiger partial charge in [-0.1, -0.05) is 43.3 Å². The number of rotatable bonds is 5. The molecule has 2 N–H and O–H groups in total. The highest BCUT2D eigenvalue weighted by Crippen LogP contribution is 2.31. The third kappa shape index (κ3) is 3.42. The molecule has 2 aromatic rings. The van der Waals surface area contributed by atoms with Gasteiger partial charge in [-0.05, 0) is 23.5 Å². The number of nitrogens with one attached hydrogen (secondary N) is 1. The molecule has 0 saturated heterocycles. The average Bonchev–Trinajstić information content (AvgIpc) is 3.11. The van der Waals surface area contributed by atoms with E-state index in [4.69, 9.17) is 0 Å². The van der Waals surface area contributed by atoms with Gasteiger partial charge in [0, 0.05) is 13.0 Å². The molecule has 1 amide bonds. The number of aromatic nitrogens is 3. The predicted octanol–water partition coefficient (Wildman–Crippen LogP) is 1.71. The maximum absolute atomic E-state index is 12.4. The molecular weight excluding hydrogens is 292 g/mol. The number of hydrogen-bond acceptors (Lipinski definition) is 4. The summed E-state index contributed by atoms with van der Waals surface area (Å²) in [7, 11) is 0. The first-order chi connectivity index (χ1) is 11.0. The molecule has 1 heterocycles. The molecule has 2 atom stereocenters. The summed E-state index contributed by atoms with van der Waals surface area (Å²) in [5.41, 5.74) is 2.33. The molecule has 0 radical (unpaired) electrons. The molecule has 1 aromatic heterocycles. The summed E-state index contributed by atoms with van der Waals surface area (Å²) in [5, 5.41) is 21.0. The van der Waals surface area contributed by atoms with Gasteiger partial charge in [0.2, 0.25) is 0 Å². The Hall–Kier alpha value is -2.21. The van der Waals surface area contributed by atoms with E-state index in [1.165, 1.54) is 0 Å². The van der Waals surface area contributed by atoms with Crippen molar-refractivity contribution >= 4 is 5.91 Å². The molecule has 0 unspecified atom stereocenters. The zero-order valence-electron chi connectivity index (χ0n) is 13.4. The summed E-state index contributed by atoms with van der Waals surface area (Å²) in [6.45, 7) is 5.03. The highest BCUT2D eigenvalue weighted by molar-refractivity contribution is 5.92. The van der Waals surface area contributed by atoms with Crippen LogP contribution >= 0.6 is 0 Å². The molecule has 0 spiro atoms. The van der Waals surface area contributed by atoms with E-state index in [0.717, 1.165) is 24.1 Å². The maximum atomic E-state index is 12.4. The number of aliphatic hydroxyl groups excluding tert-OH is 1. The van der Waals surface area contributed by atoms with Crippen molar-refractivity contribution in [3.63, 3.8) is 0 Å². The quantitative estimate of drug-likeness (QED) is 0.880. The van der Waals surface area contributed by atoms with E-state index in [1.807, 2.05) is 24.3 Å². The fraction of sp³-hybridized carbons (Fsp3) is 0.471. The number of fused-ring (bicyclic) bond motifs is 1.